The Kier molecular flexibility index (Phi) is 5.77. The van der Waals surface area contributed by atoms with E-state index in [2.05, 4.69) is 22.6 Å². The number of carbonyl (C=O) groups is 1. The Hall–Kier alpha value is -0.610. The van der Waals surface area contributed by atoms with Crippen molar-refractivity contribution in [2.75, 3.05) is 26.7 Å². The van der Waals surface area contributed by atoms with Gasteiger partial charge in [0.1, 0.15) is 0 Å². The molecule has 0 aromatic rings. The molecule has 1 amide bonds. The van der Waals surface area contributed by atoms with E-state index in [1.807, 2.05) is 13.8 Å². The first-order chi connectivity index (χ1) is 7.59. The quantitative estimate of drug-likeness (QED) is 0.738. The third-order valence-electron chi connectivity index (χ3n) is 3.01. The number of likely N-dealkylation sites (N-methyl/N-ethyl adjacent to an activating group) is 1. The molecule has 2 N–H and O–H groups in total. The molecule has 1 aliphatic heterocycles. The fraction of sp³-hybridized carbons (Fsp3) is 0.917. The summed E-state index contributed by atoms with van der Waals surface area (Å²) in [6, 6.07) is 0.782. The third-order valence-corrected chi connectivity index (χ3v) is 3.01. The second kappa shape index (κ2) is 6.86. The summed E-state index contributed by atoms with van der Waals surface area (Å²) in [7, 11) is 2.05. The fourth-order valence-electron chi connectivity index (χ4n) is 2.16. The van der Waals surface area contributed by atoms with Crippen LogP contribution >= 0.6 is 0 Å². The van der Waals surface area contributed by atoms with Crippen LogP contribution in [0.5, 0.6) is 0 Å². The van der Waals surface area contributed by atoms with Crippen molar-refractivity contribution in [2.24, 2.45) is 0 Å². The second-order valence-electron chi connectivity index (χ2n) is 4.97. The summed E-state index contributed by atoms with van der Waals surface area (Å²) >= 11 is 0. The predicted molar refractivity (Wildman–Crippen MR) is 66.4 cm³/mol. The van der Waals surface area contributed by atoms with Crippen LogP contribution in [-0.2, 0) is 4.79 Å². The number of nitrogens with zero attached hydrogens (tertiary/aromatic N) is 1. The summed E-state index contributed by atoms with van der Waals surface area (Å²) in [6.07, 6.45) is 3.55. The lowest BCUT2D eigenvalue weighted by atomic mass is 10.1. The minimum absolute atomic E-state index is 0.134. The van der Waals surface area contributed by atoms with E-state index in [1.54, 1.807) is 0 Å². The molecule has 0 spiro atoms. The summed E-state index contributed by atoms with van der Waals surface area (Å²) in [5.41, 5.74) is 0. The lowest BCUT2D eigenvalue weighted by Gasteiger charge is -2.26. The van der Waals surface area contributed by atoms with E-state index in [-0.39, 0.29) is 11.9 Å². The van der Waals surface area contributed by atoms with Gasteiger partial charge in [0.05, 0.1) is 6.54 Å². The lowest BCUT2D eigenvalue weighted by Crippen LogP contribution is -2.42. The van der Waals surface area contributed by atoms with Crippen molar-refractivity contribution in [1.29, 1.82) is 0 Å². The zero-order chi connectivity index (χ0) is 12.0. The Morgan fingerprint density at radius 2 is 2.19 bits per heavy atom. The lowest BCUT2D eigenvalue weighted by molar-refractivity contribution is -0.123. The van der Waals surface area contributed by atoms with E-state index in [0.29, 0.717) is 12.6 Å². The highest BCUT2D eigenvalue weighted by Gasteiger charge is 2.18. The number of carbonyl (C=O) groups excluding carboxylic acids is 1. The SMILES string of the molecule is CC(C)NC(=O)CN(C)C1CCCNCC1. The number of nitrogens with one attached hydrogen (secondary N) is 2. The summed E-state index contributed by atoms with van der Waals surface area (Å²) in [5, 5.41) is 6.32. The molecule has 0 saturated carbocycles. The van der Waals surface area contributed by atoms with Gasteiger partial charge in [0.15, 0.2) is 0 Å². The van der Waals surface area contributed by atoms with Crippen molar-refractivity contribution in [3.05, 3.63) is 0 Å². The minimum atomic E-state index is 0.134. The Labute approximate surface area is 98.8 Å². The van der Waals surface area contributed by atoms with E-state index in [1.165, 1.54) is 12.8 Å². The Morgan fingerprint density at radius 3 is 2.88 bits per heavy atom. The number of rotatable bonds is 4. The largest absolute Gasteiger partial charge is 0.353 e. The molecule has 4 heteroatoms. The topological polar surface area (TPSA) is 44.4 Å². The molecule has 1 heterocycles. The molecule has 94 valence electrons. The standard InChI is InChI=1S/C12H25N3O/c1-10(2)14-12(16)9-15(3)11-5-4-7-13-8-6-11/h10-11,13H,4-9H2,1-3H3,(H,14,16). The van der Waals surface area contributed by atoms with Crippen LogP contribution < -0.4 is 10.6 Å². The van der Waals surface area contributed by atoms with Crippen molar-refractivity contribution < 1.29 is 4.79 Å². The predicted octanol–water partition coefficient (Wildman–Crippen LogP) is 0.585. The number of hydrogen-bond donors (Lipinski definition) is 2. The van der Waals surface area contributed by atoms with Crippen molar-refractivity contribution in [3.8, 4) is 0 Å². The van der Waals surface area contributed by atoms with Gasteiger partial charge in [-0.1, -0.05) is 0 Å². The molecule has 16 heavy (non-hydrogen) atoms. The van der Waals surface area contributed by atoms with Gasteiger partial charge in [-0.2, -0.15) is 0 Å². The molecule has 0 bridgehead atoms. The third kappa shape index (κ3) is 4.94. The molecule has 0 aromatic heterocycles. The highest BCUT2D eigenvalue weighted by atomic mass is 16.2. The number of amides is 1. The first-order valence-corrected chi connectivity index (χ1v) is 6.30. The van der Waals surface area contributed by atoms with Crippen LogP contribution in [0.25, 0.3) is 0 Å². The fourth-order valence-corrected chi connectivity index (χ4v) is 2.16. The highest BCUT2D eigenvalue weighted by Crippen LogP contribution is 2.11. The molecular weight excluding hydrogens is 202 g/mol. The van der Waals surface area contributed by atoms with Crippen LogP contribution in [0.3, 0.4) is 0 Å². The minimum Gasteiger partial charge on any atom is -0.353 e. The zero-order valence-electron chi connectivity index (χ0n) is 10.8. The Balaban J connectivity index is 2.32. The van der Waals surface area contributed by atoms with E-state index in [9.17, 15) is 4.79 Å². The molecule has 1 fully saturated rings. The van der Waals surface area contributed by atoms with Crippen LogP contribution in [-0.4, -0.2) is 49.6 Å². The van der Waals surface area contributed by atoms with Crippen LogP contribution in [0.2, 0.25) is 0 Å². The van der Waals surface area contributed by atoms with Gasteiger partial charge in [0, 0.05) is 12.1 Å². The van der Waals surface area contributed by atoms with Crippen LogP contribution in [0.1, 0.15) is 33.1 Å². The normalized spacial score (nSPS) is 22.2. The second-order valence-corrected chi connectivity index (χ2v) is 4.97. The maximum atomic E-state index is 11.6. The van der Waals surface area contributed by atoms with Crippen molar-refractivity contribution in [3.63, 3.8) is 0 Å². The summed E-state index contributed by atoms with van der Waals surface area (Å²) in [6.45, 7) is 6.69. The summed E-state index contributed by atoms with van der Waals surface area (Å²) in [5.74, 6) is 0.134. The molecule has 1 unspecified atom stereocenters. The van der Waals surface area contributed by atoms with Gasteiger partial charge in [0.25, 0.3) is 0 Å². The van der Waals surface area contributed by atoms with Crippen LogP contribution in [0.4, 0.5) is 0 Å². The Morgan fingerprint density at radius 1 is 1.44 bits per heavy atom. The van der Waals surface area contributed by atoms with Crippen LogP contribution in [0, 0.1) is 0 Å². The molecule has 0 radical (unpaired) electrons. The van der Waals surface area contributed by atoms with Crippen molar-refractivity contribution >= 4 is 5.91 Å². The maximum Gasteiger partial charge on any atom is 0.234 e. The molecule has 4 nitrogen and oxygen atoms in total. The average molecular weight is 227 g/mol. The van der Waals surface area contributed by atoms with Crippen molar-refractivity contribution in [1.82, 2.24) is 15.5 Å². The van der Waals surface area contributed by atoms with E-state index < -0.39 is 0 Å². The first kappa shape index (κ1) is 13.5. The monoisotopic (exact) mass is 227 g/mol. The maximum absolute atomic E-state index is 11.6. The molecule has 0 aromatic carbocycles. The smallest absolute Gasteiger partial charge is 0.234 e. The first-order valence-electron chi connectivity index (χ1n) is 6.30. The van der Waals surface area contributed by atoms with E-state index in [4.69, 9.17) is 0 Å². The van der Waals surface area contributed by atoms with E-state index in [0.717, 1.165) is 19.5 Å². The Bertz CT molecular complexity index is 210. The molecule has 1 saturated heterocycles. The van der Waals surface area contributed by atoms with Gasteiger partial charge in [-0.25, -0.2) is 0 Å². The van der Waals surface area contributed by atoms with Crippen LogP contribution in [0.15, 0.2) is 0 Å². The van der Waals surface area contributed by atoms with Gasteiger partial charge < -0.3 is 10.6 Å². The molecule has 1 atom stereocenters. The summed E-state index contributed by atoms with van der Waals surface area (Å²) in [4.78, 5) is 13.8. The molecular formula is C12H25N3O. The zero-order valence-corrected chi connectivity index (χ0v) is 10.8. The molecule has 1 aliphatic rings. The molecule has 1 rings (SSSR count). The van der Waals surface area contributed by atoms with Gasteiger partial charge in [-0.15, -0.1) is 0 Å². The summed E-state index contributed by atoms with van der Waals surface area (Å²) < 4.78 is 0. The van der Waals surface area contributed by atoms with Gasteiger partial charge in [-0.05, 0) is 53.2 Å². The molecule has 0 aliphatic carbocycles. The van der Waals surface area contributed by atoms with Gasteiger partial charge in [-0.3, -0.25) is 9.69 Å². The van der Waals surface area contributed by atoms with E-state index >= 15 is 0 Å². The van der Waals surface area contributed by atoms with Gasteiger partial charge >= 0.3 is 0 Å². The number of hydrogen-bond acceptors (Lipinski definition) is 3. The highest BCUT2D eigenvalue weighted by molar-refractivity contribution is 5.78. The van der Waals surface area contributed by atoms with Crippen molar-refractivity contribution in [2.45, 2.75) is 45.2 Å². The van der Waals surface area contributed by atoms with Gasteiger partial charge in [0.2, 0.25) is 5.91 Å². The average Bonchev–Trinajstić information content (AvgIpc) is 2.43.